The SMILES string of the molecule is CCCCCC1OC1CC(O)/C=C/CCCCCCCCC(=O)O. The van der Waals surface area contributed by atoms with Crippen LogP contribution in [0.1, 0.15) is 90.4 Å². The van der Waals surface area contributed by atoms with E-state index in [4.69, 9.17) is 9.84 Å². The Bertz CT molecular complexity index is 354. The minimum absolute atomic E-state index is 0.271. The number of unbranched alkanes of at least 4 members (excludes halogenated alkanes) is 8. The van der Waals surface area contributed by atoms with Crippen molar-refractivity contribution in [2.75, 3.05) is 0 Å². The van der Waals surface area contributed by atoms with Gasteiger partial charge in [-0.05, 0) is 25.7 Å². The fraction of sp³-hybridized carbons (Fsp3) is 0.850. The summed E-state index contributed by atoms with van der Waals surface area (Å²) < 4.78 is 5.61. The maximum atomic E-state index is 10.4. The second-order valence-electron chi connectivity index (χ2n) is 6.99. The van der Waals surface area contributed by atoms with E-state index in [-0.39, 0.29) is 12.2 Å². The maximum Gasteiger partial charge on any atom is 0.303 e. The molecular formula is C20H36O4. The molecule has 1 fully saturated rings. The number of carboxylic acid groups (broad SMARTS) is 1. The van der Waals surface area contributed by atoms with Crippen LogP contribution in [0, 0.1) is 0 Å². The molecule has 0 aromatic rings. The fourth-order valence-electron chi connectivity index (χ4n) is 3.05. The molecule has 140 valence electrons. The Kier molecular flexibility index (Phi) is 11.8. The summed E-state index contributed by atoms with van der Waals surface area (Å²) in [5.41, 5.74) is 0. The van der Waals surface area contributed by atoms with Gasteiger partial charge in [-0.1, -0.05) is 64.0 Å². The van der Waals surface area contributed by atoms with Gasteiger partial charge >= 0.3 is 5.97 Å². The van der Waals surface area contributed by atoms with Crippen molar-refractivity contribution in [3.63, 3.8) is 0 Å². The Morgan fingerprint density at radius 3 is 2.46 bits per heavy atom. The van der Waals surface area contributed by atoms with Crippen LogP contribution in [0.25, 0.3) is 0 Å². The van der Waals surface area contributed by atoms with Crippen LogP contribution in [0.2, 0.25) is 0 Å². The van der Waals surface area contributed by atoms with Crippen molar-refractivity contribution in [1.29, 1.82) is 0 Å². The first-order chi connectivity index (χ1) is 11.6. The first kappa shape index (κ1) is 21.2. The Morgan fingerprint density at radius 1 is 1.04 bits per heavy atom. The normalized spacial score (nSPS) is 21.2. The predicted octanol–water partition coefficient (Wildman–Crippen LogP) is 4.85. The van der Waals surface area contributed by atoms with Crippen LogP contribution in [0.5, 0.6) is 0 Å². The molecule has 0 radical (unpaired) electrons. The highest BCUT2D eigenvalue weighted by Gasteiger charge is 2.38. The van der Waals surface area contributed by atoms with Gasteiger partial charge in [0.2, 0.25) is 0 Å². The maximum absolute atomic E-state index is 10.4. The third-order valence-corrected chi connectivity index (χ3v) is 4.62. The molecule has 4 nitrogen and oxygen atoms in total. The molecule has 0 bridgehead atoms. The molecule has 4 heteroatoms. The highest BCUT2D eigenvalue weighted by molar-refractivity contribution is 5.66. The van der Waals surface area contributed by atoms with Gasteiger partial charge in [0.05, 0.1) is 18.3 Å². The monoisotopic (exact) mass is 340 g/mol. The topological polar surface area (TPSA) is 70.1 Å². The van der Waals surface area contributed by atoms with Crippen molar-refractivity contribution in [3.05, 3.63) is 12.2 Å². The number of aliphatic hydroxyl groups excluding tert-OH is 1. The van der Waals surface area contributed by atoms with Crippen LogP contribution in [0.4, 0.5) is 0 Å². The van der Waals surface area contributed by atoms with Gasteiger partial charge in [-0.2, -0.15) is 0 Å². The minimum atomic E-state index is -0.692. The van der Waals surface area contributed by atoms with E-state index in [9.17, 15) is 9.90 Å². The molecule has 3 unspecified atom stereocenters. The van der Waals surface area contributed by atoms with Crippen LogP contribution < -0.4 is 0 Å². The van der Waals surface area contributed by atoms with Gasteiger partial charge in [-0.15, -0.1) is 0 Å². The highest BCUT2D eigenvalue weighted by atomic mass is 16.6. The number of aliphatic carboxylic acids is 1. The number of hydrogen-bond acceptors (Lipinski definition) is 3. The number of ether oxygens (including phenoxy) is 1. The number of hydrogen-bond donors (Lipinski definition) is 2. The molecule has 1 aliphatic heterocycles. The number of allylic oxidation sites excluding steroid dienone is 1. The second kappa shape index (κ2) is 13.4. The molecule has 24 heavy (non-hydrogen) atoms. The van der Waals surface area contributed by atoms with Crippen LogP contribution in [0.15, 0.2) is 12.2 Å². The Balaban J connectivity index is 1.87. The first-order valence-corrected chi connectivity index (χ1v) is 9.85. The van der Waals surface area contributed by atoms with Crippen LogP contribution in [-0.2, 0) is 9.53 Å². The van der Waals surface area contributed by atoms with Gasteiger partial charge in [-0.3, -0.25) is 4.79 Å². The smallest absolute Gasteiger partial charge is 0.303 e. The van der Waals surface area contributed by atoms with E-state index in [1.165, 1.54) is 32.1 Å². The third kappa shape index (κ3) is 11.6. The van der Waals surface area contributed by atoms with E-state index < -0.39 is 5.97 Å². The number of carboxylic acids is 1. The molecule has 1 aliphatic rings. The zero-order valence-corrected chi connectivity index (χ0v) is 15.3. The Labute approximate surface area is 147 Å². The molecule has 0 amide bonds. The molecule has 0 aromatic carbocycles. The van der Waals surface area contributed by atoms with E-state index in [1.54, 1.807) is 0 Å². The number of carbonyl (C=O) groups is 1. The zero-order valence-electron chi connectivity index (χ0n) is 15.3. The molecule has 3 atom stereocenters. The number of rotatable bonds is 16. The summed E-state index contributed by atoms with van der Waals surface area (Å²) in [6.45, 7) is 2.21. The van der Waals surface area contributed by atoms with Gasteiger partial charge in [0.15, 0.2) is 0 Å². The molecule has 1 saturated heterocycles. The molecule has 2 N–H and O–H groups in total. The van der Waals surface area contributed by atoms with E-state index in [2.05, 4.69) is 13.0 Å². The third-order valence-electron chi connectivity index (χ3n) is 4.62. The van der Waals surface area contributed by atoms with Crippen molar-refractivity contribution in [3.8, 4) is 0 Å². The highest BCUT2D eigenvalue weighted by Crippen LogP contribution is 2.31. The van der Waals surface area contributed by atoms with Gasteiger partial charge < -0.3 is 14.9 Å². The van der Waals surface area contributed by atoms with E-state index in [0.29, 0.717) is 12.5 Å². The summed E-state index contributed by atoms with van der Waals surface area (Å²) in [4.78, 5) is 10.4. The molecule has 0 aliphatic carbocycles. The van der Waals surface area contributed by atoms with Gasteiger partial charge in [0.1, 0.15) is 0 Å². The number of aliphatic hydroxyl groups is 1. The molecule has 1 rings (SSSR count). The van der Waals surface area contributed by atoms with Crippen molar-refractivity contribution in [2.24, 2.45) is 0 Å². The minimum Gasteiger partial charge on any atom is -0.481 e. The lowest BCUT2D eigenvalue weighted by molar-refractivity contribution is -0.137. The predicted molar refractivity (Wildman–Crippen MR) is 97.1 cm³/mol. The summed E-state index contributed by atoms with van der Waals surface area (Å²) in [5, 5.41) is 18.5. The quantitative estimate of drug-likeness (QED) is 0.239. The van der Waals surface area contributed by atoms with Crippen LogP contribution in [0.3, 0.4) is 0 Å². The van der Waals surface area contributed by atoms with Crippen molar-refractivity contribution < 1.29 is 19.7 Å². The lowest BCUT2D eigenvalue weighted by Gasteiger charge is -2.03. The zero-order chi connectivity index (χ0) is 17.6. The standard InChI is InChI=1S/C20H36O4/c1-2-3-10-14-18-19(24-18)16-17(21)13-11-8-6-4-5-7-9-12-15-20(22)23/h11,13,17-19,21H,2-10,12,14-16H2,1H3,(H,22,23)/b13-11+. The second-order valence-corrected chi connectivity index (χ2v) is 6.99. The van der Waals surface area contributed by atoms with E-state index in [0.717, 1.165) is 44.9 Å². The fourth-order valence-corrected chi connectivity index (χ4v) is 3.05. The average molecular weight is 341 g/mol. The Hall–Kier alpha value is -0.870. The summed E-state index contributed by atoms with van der Waals surface area (Å²) in [6, 6.07) is 0. The summed E-state index contributed by atoms with van der Waals surface area (Å²) in [6.07, 6.45) is 17.6. The summed E-state index contributed by atoms with van der Waals surface area (Å²) >= 11 is 0. The number of epoxide rings is 1. The Morgan fingerprint density at radius 2 is 1.75 bits per heavy atom. The van der Waals surface area contributed by atoms with Crippen LogP contribution in [-0.4, -0.2) is 34.5 Å². The van der Waals surface area contributed by atoms with Gasteiger partial charge in [0, 0.05) is 12.8 Å². The molecule has 1 heterocycles. The summed E-state index contributed by atoms with van der Waals surface area (Å²) in [7, 11) is 0. The van der Waals surface area contributed by atoms with Crippen molar-refractivity contribution in [1.82, 2.24) is 0 Å². The summed E-state index contributed by atoms with van der Waals surface area (Å²) in [5.74, 6) is -0.692. The van der Waals surface area contributed by atoms with E-state index in [1.807, 2.05) is 6.08 Å². The largest absolute Gasteiger partial charge is 0.481 e. The van der Waals surface area contributed by atoms with Crippen LogP contribution >= 0.6 is 0 Å². The molecule has 0 aromatic heterocycles. The van der Waals surface area contributed by atoms with Crippen molar-refractivity contribution in [2.45, 2.75) is 109 Å². The lowest BCUT2D eigenvalue weighted by Crippen LogP contribution is -2.08. The molecule has 0 saturated carbocycles. The molecule has 0 spiro atoms. The molecular weight excluding hydrogens is 304 g/mol. The average Bonchev–Trinajstić information content (AvgIpc) is 3.27. The van der Waals surface area contributed by atoms with Gasteiger partial charge in [0.25, 0.3) is 0 Å². The van der Waals surface area contributed by atoms with E-state index >= 15 is 0 Å². The van der Waals surface area contributed by atoms with Crippen molar-refractivity contribution >= 4 is 5.97 Å². The lowest BCUT2D eigenvalue weighted by atomic mass is 10.1. The first-order valence-electron chi connectivity index (χ1n) is 9.85. The van der Waals surface area contributed by atoms with Gasteiger partial charge in [-0.25, -0.2) is 0 Å².